The lowest BCUT2D eigenvalue weighted by Crippen LogP contribution is -2.27. The summed E-state index contributed by atoms with van der Waals surface area (Å²) in [5.74, 6) is -1.37. The highest BCUT2D eigenvalue weighted by Crippen LogP contribution is 2.12. The van der Waals surface area contributed by atoms with Crippen molar-refractivity contribution in [1.82, 2.24) is 20.1 Å². The molecule has 2 N–H and O–H groups in total. The van der Waals surface area contributed by atoms with Crippen LogP contribution in [-0.4, -0.2) is 44.1 Å². The average Bonchev–Trinajstić information content (AvgIpc) is 2.97. The third kappa shape index (κ3) is 3.75. The Morgan fingerprint density at radius 1 is 1.48 bits per heavy atom. The molecular formula is C14H14N4O3. The molecule has 108 valence electrons. The Kier molecular flexibility index (Phi) is 4.45. The van der Waals surface area contributed by atoms with E-state index < -0.39 is 5.97 Å². The van der Waals surface area contributed by atoms with Crippen LogP contribution in [0.2, 0.25) is 0 Å². The summed E-state index contributed by atoms with van der Waals surface area (Å²) in [6, 6.07) is 3.29. The van der Waals surface area contributed by atoms with Crippen LogP contribution < -0.4 is 0 Å². The van der Waals surface area contributed by atoms with Crippen molar-refractivity contribution in [3.05, 3.63) is 53.6 Å². The first-order chi connectivity index (χ1) is 10.1. The monoisotopic (exact) mass is 286 g/mol. The summed E-state index contributed by atoms with van der Waals surface area (Å²) in [5.41, 5.74) is 1.54. The molecular weight excluding hydrogens is 272 g/mol. The average molecular weight is 286 g/mol. The van der Waals surface area contributed by atoms with Crippen LogP contribution in [0.4, 0.5) is 0 Å². The van der Waals surface area contributed by atoms with Crippen LogP contribution in [0.1, 0.15) is 21.6 Å². The summed E-state index contributed by atoms with van der Waals surface area (Å²) < 4.78 is 0. The van der Waals surface area contributed by atoms with Crippen molar-refractivity contribution < 1.29 is 14.7 Å². The molecule has 0 atom stereocenters. The van der Waals surface area contributed by atoms with E-state index in [9.17, 15) is 9.59 Å². The molecule has 0 aliphatic carbocycles. The van der Waals surface area contributed by atoms with Crippen molar-refractivity contribution in [1.29, 1.82) is 0 Å². The number of carbonyl (C=O) groups is 2. The van der Waals surface area contributed by atoms with Crippen LogP contribution in [0, 0.1) is 0 Å². The SMILES string of the molecule is CN(Cc1cn[nH]c1)C(=O)c1ncccc1/C=C/C(=O)O. The summed E-state index contributed by atoms with van der Waals surface area (Å²) in [6.45, 7) is 0.383. The second-order valence-corrected chi connectivity index (χ2v) is 4.38. The van der Waals surface area contributed by atoms with Crippen LogP contribution in [0.5, 0.6) is 0 Å². The Bertz CT molecular complexity index is 665. The molecule has 7 heteroatoms. The summed E-state index contributed by atoms with van der Waals surface area (Å²) in [6.07, 6.45) is 7.16. The first-order valence-electron chi connectivity index (χ1n) is 6.17. The number of H-pyrrole nitrogens is 1. The van der Waals surface area contributed by atoms with Crippen molar-refractivity contribution in [2.24, 2.45) is 0 Å². The third-order valence-electron chi connectivity index (χ3n) is 2.77. The summed E-state index contributed by atoms with van der Waals surface area (Å²) in [5, 5.41) is 15.2. The molecule has 21 heavy (non-hydrogen) atoms. The predicted molar refractivity (Wildman–Crippen MR) is 75.3 cm³/mol. The first kappa shape index (κ1) is 14.4. The van der Waals surface area contributed by atoms with E-state index in [4.69, 9.17) is 5.11 Å². The molecule has 0 aliphatic rings. The molecule has 0 saturated heterocycles. The van der Waals surface area contributed by atoms with Gasteiger partial charge in [-0.25, -0.2) is 4.79 Å². The van der Waals surface area contributed by atoms with E-state index in [2.05, 4.69) is 15.2 Å². The van der Waals surface area contributed by atoms with Gasteiger partial charge in [-0.2, -0.15) is 5.10 Å². The molecule has 2 aromatic heterocycles. The topological polar surface area (TPSA) is 99.2 Å². The molecule has 0 fully saturated rings. The zero-order valence-electron chi connectivity index (χ0n) is 11.4. The van der Waals surface area contributed by atoms with E-state index in [0.29, 0.717) is 12.1 Å². The summed E-state index contributed by atoms with van der Waals surface area (Å²) in [7, 11) is 1.65. The molecule has 7 nitrogen and oxygen atoms in total. The fourth-order valence-electron chi connectivity index (χ4n) is 1.78. The second kappa shape index (κ2) is 6.47. The van der Waals surface area contributed by atoms with Crippen molar-refractivity contribution >= 4 is 18.0 Å². The molecule has 0 radical (unpaired) electrons. The lowest BCUT2D eigenvalue weighted by Gasteiger charge is -2.16. The van der Waals surface area contributed by atoms with Gasteiger partial charge in [0.2, 0.25) is 0 Å². The van der Waals surface area contributed by atoms with Crippen LogP contribution in [0.25, 0.3) is 6.08 Å². The highest BCUT2D eigenvalue weighted by Gasteiger charge is 2.16. The Labute approximate surface area is 120 Å². The van der Waals surface area contributed by atoms with E-state index in [1.165, 1.54) is 17.2 Å². The quantitative estimate of drug-likeness (QED) is 0.804. The molecule has 2 rings (SSSR count). The molecule has 0 spiro atoms. The Hall–Kier alpha value is -2.96. The molecule has 0 bridgehead atoms. The molecule has 1 amide bonds. The lowest BCUT2D eigenvalue weighted by molar-refractivity contribution is -0.131. The number of amides is 1. The molecule has 0 aliphatic heterocycles. The van der Waals surface area contributed by atoms with Gasteiger partial charge in [-0.15, -0.1) is 0 Å². The van der Waals surface area contributed by atoms with E-state index in [0.717, 1.165) is 11.6 Å². The zero-order chi connectivity index (χ0) is 15.2. The number of nitrogens with zero attached hydrogens (tertiary/aromatic N) is 3. The minimum atomic E-state index is -1.08. The summed E-state index contributed by atoms with van der Waals surface area (Å²) in [4.78, 5) is 28.5. The van der Waals surface area contributed by atoms with E-state index >= 15 is 0 Å². The van der Waals surface area contributed by atoms with Gasteiger partial charge < -0.3 is 10.0 Å². The summed E-state index contributed by atoms with van der Waals surface area (Å²) >= 11 is 0. The van der Waals surface area contributed by atoms with Crippen molar-refractivity contribution in [2.75, 3.05) is 7.05 Å². The van der Waals surface area contributed by atoms with Gasteiger partial charge in [-0.3, -0.25) is 14.9 Å². The van der Waals surface area contributed by atoms with Crippen molar-refractivity contribution in [2.45, 2.75) is 6.54 Å². The number of carboxylic acid groups (broad SMARTS) is 1. The molecule has 0 saturated carbocycles. The van der Waals surface area contributed by atoms with Gasteiger partial charge in [0.25, 0.3) is 5.91 Å². The minimum Gasteiger partial charge on any atom is -0.478 e. The molecule has 0 aromatic carbocycles. The van der Waals surface area contributed by atoms with Crippen molar-refractivity contribution in [3.63, 3.8) is 0 Å². The van der Waals surface area contributed by atoms with Crippen molar-refractivity contribution in [3.8, 4) is 0 Å². The van der Waals surface area contributed by atoms with E-state index in [1.807, 2.05) is 0 Å². The van der Waals surface area contributed by atoms with Gasteiger partial charge in [0.15, 0.2) is 0 Å². The number of hydrogen-bond acceptors (Lipinski definition) is 4. The number of carboxylic acids is 1. The second-order valence-electron chi connectivity index (χ2n) is 4.38. The number of carbonyl (C=O) groups excluding carboxylic acids is 1. The number of aromatic nitrogens is 3. The number of aliphatic carboxylic acids is 1. The lowest BCUT2D eigenvalue weighted by atomic mass is 10.1. The van der Waals surface area contributed by atoms with Gasteiger partial charge in [0.05, 0.1) is 6.20 Å². The molecule has 0 unspecified atom stereocenters. The van der Waals surface area contributed by atoms with Gasteiger partial charge in [0, 0.05) is 43.2 Å². The van der Waals surface area contributed by atoms with Gasteiger partial charge in [0.1, 0.15) is 5.69 Å². The maximum atomic E-state index is 12.4. The Morgan fingerprint density at radius 3 is 2.95 bits per heavy atom. The fourth-order valence-corrected chi connectivity index (χ4v) is 1.78. The maximum Gasteiger partial charge on any atom is 0.328 e. The number of hydrogen-bond donors (Lipinski definition) is 2. The molecule has 2 aromatic rings. The van der Waals surface area contributed by atoms with E-state index in [-0.39, 0.29) is 11.6 Å². The van der Waals surface area contributed by atoms with Crippen LogP contribution in [0.3, 0.4) is 0 Å². The zero-order valence-corrected chi connectivity index (χ0v) is 11.4. The Morgan fingerprint density at radius 2 is 2.29 bits per heavy atom. The highest BCUT2D eigenvalue weighted by atomic mass is 16.4. The first-order valence-corrected chi connectivity index (χ1v) is 6.17. The third-order valence-corrected chi connectivity index (χ3v) is 2.77. The number of aromatic amines is 1. The van der Waals surface area contributed by atoms with Gasteiger partial charge in [-0.05, 0) is 12.1 Å². The van der Waals surface area contributed by atoms with Crippen LogP contribution in [0.15, 0.2) is 36.8 Å². The largest absolute Gasteiger partial charge is 0.478 e. The minimum absolute atomic E-state index is 0.209. The predicted octanol–water partition coefficient (Wildman–Crippen LogP) is 1.17. The number of rotatable bonds is 5. The molecule has 2 heterocycles. The van der Waals surface area contributed by atoms with E-state index in [1.54, 1.807) is 31.6 Å². The van der Waals surface area contributed by atoms with Crippen LogP contribution in [-0.2, 0) is 11.3 Å². The normalized spacial score (nSPS) is 10.7. The van der Waals surface area contributed by atoms with Crippen LogP contribution >= 0.6 is 0 Å². The fraction of sp³-hybridized carbons (Fsp3) is 0.143. The number of nitrogens with one attached hydrogen (secondary N) is 1. The number of pyridine rings is 1. The maximum absolute atomic E-state index is 12.4. The van der Waals surface area contributed by atoms with Gasteiger partial charge >= 0.3 is 5.97 Å². The highest BCUT2D eigenvalue weighted by molar-refractivity contribution is 5.97. The smallest absolute Gasteiger partial charge is 0.328 e. The van der Waals surface area contributed by atoms with Gasteiger partial charge in [-0.1, -0.05) is 6.07 Å². The standard InChI is InChI=1S/C14H14N4O3/c1-18(9-10-7-16-17-8-10)14(21)13-11(3-2-6-15-13)4-5-12(19)20/h2-8H,9H2,1H3,(H,16,17)(H,19,20)/b5-4+. The Balaban J connectivity index is 2.20.